The number of benzene rings is 1. The highest BCUT2D eigenvalue weighted by Crippen LogP contribution is 2.14. The van der Waals surface area contributed by atoms with Gasteiger partial charge in [-0.15, -0.1) is 0 Å². The van der Waals surface area contributed by atoms with Gasteiger partial charge >= 0.3 is 0 Å². The van der Waals surface area contributed by atoms with Crippen LogP contribution in [0.2, 0.25) is 0 Å². The van der Waals surface area contributed by atoms with Crippen molar-refractivity contribution in [2.24, 2.45) is 0 Å². The first kappa shape index (κ1) is 13.7. The van der Waals surface area contributed by atoms with E-state index in [-0.39, 0.29) is 0 Å². The van der Waals surface area contributed by atoms with E-state index in [0.29, 0.717) is 11.9 Å². The average molecular weight is 259 g/mol. The van der Waals surface area contributed by atoms with E-state index in [1.54, 1.807) is 0 Å². The predicted molar refractivity (Wildman–Crippen MR) is 74.9 cm³/mol. The summed E-state index contributed by atoms with van der Waals surface area (Å²) in [6, 6.07) is 9.17. The van der Waals surface area contributed by atoms with Crippen molar-refractivity contribution in [3.63, 3.8) is 0 Å². The highest BCUT2D eigenvalue weighted by Gasteiger charge is 2.05. The fraction of sp³-hybridized carbons (Fsp3) is 0.467. The van der Waals surface area contributed by atoms with E-state index < -0.39 is 0 Å². The molecule has 0 saturated heterocycles. The van der Waals surface area contributed by atoms with Crippen LogP contribution in [-0.4, -0.2) is 16.7 Å². The molecule has 0 spiro atoms. The molecule has 1 aromatic heterocycles. The van der Waals surface area contributed by atoms with Crippen LogP contribution in [0.1, 0.15) is 43.3 Å². The normalized spacial score (nSPS) is 12.5. The van der Waals surface area contributed by atoms with Gasteiger partial charge in [-0.2, -0.15) is 4.98 Å². The summed E-state index contributed by atoms with van der Waals surface area (Å²) in [5, 5.41) is 7.05. The van der Waals surface area contributed by atoms with Gasteiger partial charge in [0.25, 0.3) is 0 Å². The topological polar surface area (TPSA) is 51.0 Å². The minimum absolute atomic E-state index is 0.332. The summed E-state index contributed by atoms with van der Waals surface area (Å²) in [6.07, 6.45) is 4.54. The Morgan fingerprint density at radius 3 is 2.63 bits per heavy atom. The molecule has 4 heteroatoms. The molecule has 102 valence electrons. The van der Waals surface area contributed by atoms with Crippen molar-refractivity contribution in [2.45, 2.75) is 39.2 Å². The molecule has 0 radical (unpaired) electrons. The van der Waals surface area contributed by atoms with Crippen molar-refractivity contribution in [3.05, 3.63) is 47.6 Å². The van der Waals surface area contributed by atoms with E-state index in [9.17, 15) is 0 Å². The molecule has 0 bridgehead atoms. The molecule has 0 aliphatic heterocycles. The van der Waals surface area contributed by atoms with Gasteiger partial charge in [0.2, 0.25) is 5.89 Å². The molecule has 1 unspecified atom stereocenters. The lowest BCUT2D eigenvalue weighted by molar-refractivity contribution is 0.372. The summed E-state index contributed by atoms with van der Waals surface area (Å²) in [4.78, 5) is 4.00. The van der Waals surface area contributed by atoms with Crippen LogP contribution in [0.3, 0.4) is 0 Å². The lowest BCUT2D eigenvalue weighted by Crippen LogP contribution is -2.21. The highest BCUT2D eigenvalue weighted by atomic mass is 16.5. The second kappa shape index (κ2) is 7.04. The predicted octanol–water partition coefficient (Wildman–Crippen LogP) is 2.92. The van der Waals surface area contributed by atoms with Crippen molar-refractivity contribution in [1.82, 2.24) is 15.5 Å². The number of hydrogen-bond acceptors (Lipinski definition) is 4. The molecule has 0 aliphatic carbocycles. The van der Waals surface area contributed by atoms with E-state index in [2.05, 4.69) is 53.6 Å². The minimum Gasteiger partial charge on any atom is -0.340 e. The Bertz CT molecular complexity index is 465. The van der Waals surface area contributed by atoms with E-state index in [0.717, 1.165) is 19.4 Å². The Hall–Kier alpha value is -1.68. The molecule has 2 aromatic rings. The van der Waals surface area contributed by atoms with Crippen LogP contribution in [0.5, 0.6) is 0 Å². The van der Waals surface area contributed by atoms with Crippen molar-refractivity contribution >= 4 is 0 Å². The van der Waals surface area contributed by atoms with E-state index in [1.807, 2.05) is 0 Å². The molecule has 0 aliphatic rings. The fourth-order valence-corrected chi connectivity index (χ4v) is 2.08. The molecule has 1 aromatic carbocycles. The molecule has 0 fully saturated rings. The number of nitrogens with zero attached hydrogens (tertiary/aromatic N) is 2. The summed E-state index contributed by atoms with van der Waals surface area (Å²) in [7, 11) is 0. The van der Waals surface area contributed by atoms with Gasteiger partial charge in [-0.1, -0.05) is 42.8 Å². The molecule has 19 heavy (non-hydrogen) atoms. The molecule has 1 atom stereocenters. The molecule has 0 amide bonds. The fourth-order valence-electron chi connectivity index (χ4n) is 2.08. The zero-order valence-electron chi connectivity index (χ0n) is 11.6. The first-order valence-corrected chi connectivity index (χ1v) is 6.87. The van der Waals surface area contributed by atoms with Crippen molar-refractivity contribution in [1.29, 1.82) is 0 Å². The zero-order chi connectivity index (χ0) is 13.5. The third-order valence-corrected chi connectivity index (χ3v) is 3.21. The highest BCUT2D eigenvalue weighted by molar-refractivity contribution is 5.24. The second-order valence-corrected chi connectivity index (χ2v) is 4.75. The molecule has 1 heterocycles. The summed E-state index contributed by atoms with van der Waals surface area (Å²) >= 11 is 0. The lowest BCUT2D eigenvalue weighted by atomic mass is 10.0. The standard InChI is InChI=1S/C15H21N3O/c1-3-4-13-5-7-14(8-6-13)12(2)16-10-9-15-17-11-18-19-15/h5-8,11-12,16H,3-4,9-10H2,1-2H3. The number of aromatic nitrogens is 2. The van der Waals surface area contributed by atoms with Crippen LogP contribution in [0.4, 0.5) is 0 Å². The number of nitrogens with one attached hydrogen (secondary N) is 1. The van der Waals surface area contributed by atoms with Crippen molar-refractivity contribution < 1.29 is 4.52 Å². The van der Waals surface area contributed by atoms with Crippen LogP contribution < -0.4 is 5.32 Å². The lowest BCUT2D eigenvalue weighted by Gasteiger charge is -2.14. The van der Waals surface area contributed by atoms with Crippen LogP contribution >= 0.6 is 0 Å². The number of rotatable bonds is 7. The first-order chi connectivity index (χ1) is 9.29. The Labute approximate surface area is 114 Å². The molecule has 4 nitrogen and oxygen atoms in total. The average Bonchev–Trinajstić information content (AvgIpc) is 2.93. The maximum Gasteiger partial charge on any atom is 0.227 e. The molecule has 1 N–H and O–H groups in total. The Morgan fingerprint density at radius 2 is 2.00 bits per heavy atom. The summed E-state index contributed by atoms with van der Waals surface area (Å²) in [5.41, 5.74) is 2.72. The third kappa shape index (κ3) is 4.17. The summed E-state index contributed by atoms with van der Waals surface area (Å²) in [6.45, 7) is 5.21. The maximum atomic E-state index is 4.96. The number of aryl methyl sites for hydroxylation is 1. The minimum atomic E-state index is 0.332. The smallest absolute Gasteiger partial charge is 0.227 e. The van der Waals surface area contributed by atoms with E-state index >= 15 is 0 Å². The quantitative estimate of drug-likeness (QED) is 0.830. The zero-order valence-corrected chi connectivity index (χ0v) is 11.6. The van der Waals surface area contributed by atoms with Crippen LogP contribution in [-0.2, 0) is 12.8 Å². The molecule has 0 saturated carbocycles. The van der Waals surface area contributed by atoms with Crippen LogP contribution in [0.25, 0.3) is 0 Å². The van der Waals surface area contributed by atoms with Crippen molar-refractivity contribution in [2.75, 3.05) is 6.54 Å². The summed E-state index contributed by atoms with van der Waals surface area (Å²) in [5.74, 6) is 0.679. The van der Waals surface area contributed by atoms with Gasteiger partial charge in [0.15, 0.2) is 6.33 Å². The molecular weight excluding hydrogens is 238 g/mol. The van der Waals surface area contributed by atoms with Crippen LogP contribution in [0, 0.1) is 0 Å². The Balaban J connectivity index is 1.80. The van der Waals surface area contributed by atoms with E-state index in [1.165, 1.54) is 23.9 Å². The van der Waals surface area contributed by atoms with Gasteiger partial charge in [0, 0.05) is 19.0 Å². The largest absolute Gasteiger partial charge is 0.340 e. The van der Waals surface area contributed by atoms with Gasteiger partial charge in [0.05, 0.1) is 0 Å². The van der Waals surface area contributed by atoms with Gasteiger partial charge < -0.3 is 9.84 Å². The molecule has 2 rings (SSSR count). The number of hydrogen-bond donors (Lipinski definition) is 1. The SMILES string of the molecule is CCCc1ccc(C(C)NCCc2ncno2)cc1. The van der Waals surface area contributed by atoms with Gasteiger partial charge in [-0.3, -0.25) is 0 Å². The van der Waals surface area contributed by atoms with Gasteiger partial charge in [-0.25, -0.2) is 0 Å². The monoisotopic (exact) mass is 259 g/mol. The Kier molecular flexibility index (Phi) is 5.10. The first-order valence-electron chi connectivity index (χ1n) is 6.87. The van der Waals surface area contributed by atoms with Gasteiger partial charge in [0.1, 0.15) is 0 Å². The molecular formula is C15H21N3O. The third-order valence-electron chi connectivity index (χ3n) is 3.21. The maximum absolute atomic E-state index is 4.96. The van der Waals surface area contributed by atoms with Gasteiger partial charge in [-0.05, 0) is 24.5 Å². The Morgan fingerprint density at radius 1 is 1.21 bits per heavy atom. The summed E-state index contributed by atoms with van der Waals surface area (Å²) < 4.78 is 4.96. The van der Waals surface area contributed by atoms with E-state index in [4.69, 9.17) is 4.52 Å². The second-order valence-electron chi connectivity index (χ2n) is 4.75. The van der Waals surface area contributed by atoms with Crippen LogP contribution in [0.15, 0.2) is 35.1 Å². The van der Waals surface area contributed by atoms with Crippen molar-refractivity contribution in [3.8, 4) is 0 Å².